The highest BCUT2D eigenvalue weighted by atomic mass is 16.2. The number of nitrogens with zero attached hydrogens (tertiary/aromatic N) is 3. The number of para-hydroxylation sites is 1. The van der Waals surface area contributed by atoms with Gasteiger partial charge in [0, 0.05) is 5.69 Å². The Morgan fingerprint density at radius 2 is 1.52 bits per heavy atom. The van der Waals surface area contributed by atoms with Gasteiger partial charge in [-0.05, 0) is 35.4 Å². The first kappa shape index (κ1) is 15.1. The second-order valence-electron chi connectivity index (χ2n) is 5.73. The summed E-state index contributed by atoms with van der Waals surface area (Å²) in [4.78, 5) is 12.3. The molecule has 0 atom stereocenters. The largest absolute Gasteiger partial charge is 0.324 e. The van der Waals surface area contributed by atoms with E-state index in [1.54, 1.807) is 4.68 Å². The number of hydrogen-bond acceptors (Lipinski definition) is 3. The zero-order valence-corrected chi connectivity index (χ0v) is 13.5. The van der Waals surface area contributed by atoms with E-state index in [-0.39, 0.29) is 12.5 Å². The molecule has 1 heterocycles. The van der Waals surface area contributed by atoms with Gasteiger partial charge in [0.2, 0.25) is 5.91 Å². The summed E-state index contributed by atoms with van der Waals surface area (Å²) in [5.74, 6) is -0.136. The number of amides is 1. The van der Waals surface area contributed by atoms with Crippen molar-refractivity contribution in [2.24, 2.45) is 0 Å². The molecular formula is C20H16N4O. The van der Waals surface area contributed by atoms with Gasteiger partial charge in [-0.15, -0.1) is 5.10 Å². The number of carbonyl (C=O) groups excluding carboxylic acids is 1. The smallest absolute Gasteiger partial charge is 0.246 e. The summed E-state index contributed by atoms with van der Waals surface area (Å²) in [7, 11) is 0. The van der Waals surface area contributed by atoms with Crippen molar-refractivity contribution < 1.29 is 4.79 Å². The average molecular weight is 328 g/mol. The van der Waals surface area contributed by atoms with Crippen LogP contribution in [0.4, 0.5) is 5.69 Å². The first-order valence-electron chi connectivity index (χ1n) is 8.03. The Bertz CT molecular complexity index is 1010. The summed E-state index contributed by atoms with van der Waals surface area (Å²) in [6, 6.07) is 25.5. The average Bonchev–Trinajstić information content (AvgIpc) is 3.06. The molecule has 0 radical (unpaired) electrons. The van der Waals surface area contributed by atoms with Crippen LogP contribution in [0.5, 0.6) is 0 Å². The SMILES string of the molecule is O=C(Cn1nnc2ccccc21)Nc1ccc(-c2ccccc2)cc1. The first-order valence-corrected chi connectivity index (χ1v) is 8.03. The van der Waals surface area contributed by atoms with Crippen LogP contribution in [0.1, 0.15) is 0 Å². The normalized spacial score (nSPS) is 10.7. The third kappa shape index (κ3) is 3.26. The minimum atomic E-state index is -0.136. The molecule has 1 aromatic heterocycles. The number of anilines is 1. The lowest BCUT2D eigenvalue weighted by Crippen LogP contribution is -2.19. The maximum atomic E-state index is 12.3. The summed E-state index contributed by atoms with van der Waals surface area (Å²) in [6.07, 6.45) is 0. The third-order valence-corrected chi connectivity index (χ3v) is 3.99. The Morgan fingerprint density at radius 1 is 0.840 bits per heavy atom. The summed E-state index contributed by atoms with van der Waals surface area (Å²) in [5.41, 5.74) is 4.64. The molecule has 0 saturated carbocycles. The van der Waals surface area contributed by atoms with Gasteiger partial charge in [0.1, 0.15) is 12.1 Å². The maximum absolute atomic E-state index is 12.3. The topological polar surface area (TPSA) is 59.8 Å². The molecule has 0 aliphatic carbocycles. The van der Waals surface area contributed by atoms with Gasteiger partial charge < -0.3 is 5.32 Å². The van der Waals surface area contributed by atoms with E-state index in [0.717, 1.165) is 27.8 Å². The molecule has 0 unspecified atom stereocenters. The lowest BCUT2D eigenvalue weighted by atomic mass is 10.1. The lowest BCUT2D eigenvalue weighted by molar-refractivity contribution is -0.116. The van der Waals surface area contributed by atoms with Gasteiger partial charge in [-0.3, -0.25) is 4.79 Å². The van der Waals surface area contributed by atoms with Gasteiger partial charge in [0.15, 0.2) is 0 Å². The Kier molecular flexibility index (Phi) is 3.96. The van der Waals surface area contributed by atoms with Crippen LogP contribution in [0.2, 0.25) is 0 Å². The van der Waals surface area contributed by atoms with Crippen molar-refractivity contribution in [1.82, 2.24) is 15.0 Å². The fourth-order valence-corrected chi connectivity index (χ4v) is 2.75. The van der Waals surface area contributed by atoms with Crippen LogP contribution in [0.3, 0.4) is 0 Å². The lowest BCUT2D eigenvalue weighted by Gasteiger charge is -2.07. The molecule has 122 valence electrons. The number of fused-ring (bicyclic) bond motifs is 1. The van der Waals surface area contributed by atoms with Gasteiger partial charge >= 0.3 is 0 Å². The van der Waals surface area contributed by atoms with Crippen molar-refractivity contribution in [2.75, 3.05) is 5.32 Å². The summed E-state index contributed by atoms with van der Waals surface area (Å²) < 4.78 is 1.60. The maximum Gasteiger partial charge on any atom is 0.246 e. The minimum Gasteiger partial charge on any atom is -0.324 e. The molecule has 0 fully saturated rings. The number of benzene rings is 3. The molecular weight excluding hydrogens is 312 g/mol. The highest BCUT2D eigenvalue weighted by Crippen LogP contribution is 2.21. The van der Waals surface area contributed by atoms with Crippen LogP contribution in [-0.2, 0) is 11.3 Å². The van der Waals surface area contributed by atoms with Crippen molar-refractivity contribution in [1.29, 1.82) is 0 Å². The molecule has 4 aromatic rings. The third-order valence-electron chi connectivity index (χ3n) is 3.99. The number of rotatable bonds is 4. The standard InChI is InChI=1S/C20H16N4O/c25-20(14-24-19-9-5-4-8-18(19)22-23-24)21-17-12-10-16(11-13-17)15-6-2-1-3-7-15/h1-13H,14H2,(H,21,25). The summed E-state index contributed by atoms with van der Waals surface area (Å²) >= 11 is 0. The number of hydrogen-bond donors (Lipinski definition) is 1. The highest BCUT2D eigenvalue weighted by molar-refractivity contribution is 5.91. The zero-order valence-electron chi connectivity index (χ0n) is 13.5. The molecule has 0 spiro atoms. The van der Waals surface area contributed by atoms with Crippen molar-refractivity contribution >= 4 is 22.6 Å². The number of nitrogens with one attached hydrogen (secondary N) is 1. The molecule has 0 saturated heterocycles. The van der Waals surface area contributed by atoms with E-state index in [0.29, 0.717) is 0 Å². The van der Waals surface area contributed by atoms with Crippen LogP contribution < -0.4 is 5.32 Å². The van der Waals surface area contributed by atoms with Gasteiger partial charge in [0.25, 0.3) is 0 Å². The van der Waals surface area contributed by atoms with Crippen LogP contribution in [0.15, 0.2) is 78.9 Å². The Hall–Kier alpha value is -3.47. The Labute approximate surface area is 144 Å². The van der Waals surface area contributed by atoms with E-state index < -0.39 is 0 Å². The second kappa shape index (κ2) is 6.57. The quantitative estimate of drug-likeness (QED) is 0.621. The first-order chi connectivity index (χ1) is 12.3. The molecule has 25 heavy (non-hydrogen) atoms. The van der Waals surface area contributed by atoms with E-state index in [9.17, 15) is 4.79 Å². The molecule has 0 aliphatic heterocycles. The Morgan fingerprint density at radius 3 is 2.32 bits per heavy atom. The van der Waals surface area contributed by atoms with Crippen LogP contribution in [-0.4, -0.2) is 20.9 Å². The molecule has 1 amide bonds. The van der Waals surface area contributed by atoms with Gasteiger partial charge in [-0.25, -0.2) is 4.68 Å². The van der Waals surface area contributed by atoms with E-state index in [1.807, 2.05) is 66.7 Å². The highest BCUT2D eigenvalue weighted by Gasteiger charge is 2.09. The summed E-state index contributed by atoms with van der Waals surface area (Å²) in [5, 5.41) is 11.0. The van der Waals surface area contributed by atoms with Crippen molar-refractivity contribution in [3.05, 3.63) is 78.9 Å². The summed E-state index contributed by atoms with van der Waals surface area (Å²) in [6.45, 7) is 0.126. The Balaban J connectivity index is 1.46. The van der Waals surface area contributed by atoms with E-state index in [1.165, 1.54) is 0 Å². The molecule has 0 bridgehead atoms. The molecule has 4 rings (SSSR count). The number of aromatic nitrogens is 3. The van der Waals surface area contributed by atoms with Crippen LogP contribution in [0.25, 0.3) is 22.2 Å². The molecule has 5 nitrogen and oxygen atoms in total. The predicted octanol–water partition coefficient (Wildman–Crippen LogP) is 3.74. The van der Waals surface area contributed by atoms with Crippen molar-refractivity contribution in [3.8, 4) is 11.1 Å². The molecule has 5 heteroatoms. The molecule has 1 N–H and O–H groups in total. The minimum absolute atomic E-state index is 0.126. The molecule has 3 aromatic carbocycles. The number of carbonyl (C=O) groups is 1. The van der Waals surface area contributed by atoms with Gasteiger partial charge in [-0.1, -0.05) is 59.8 Å². The fourth-order valence-electron chi connectivity index (χ4n) is 2.75. The van der Waals surface area contributed by atoms with Gasteiger partial charge in [-0.2, -0.15) is 0 Å². The zero-order chi connectivity index (χ0) is 17.1. The van der Waals surface area contributed by atoms with E-state index >= 15 is 0 Å². The fraction of sp³-hybridized carbons (Fsp3) is 0.0500. The second-order valence-corrected chi connectivity index (χ2v) is 5.73. The van der Waals surface area contributed by atoms with Gasteiger partial charge in [0.05, 0.1) is 5.52 Å². The van der Waals surface area contributed by atoms with E-state index in [2.05, 4.69) is 27.8 Å². The van der Waals surface area contributed by atoms with Crippen LogP contribution >= 0.6 is 0 Å². The van der Waals surface area contributed by atoms with Crippen molar-refractivity contribution in [2.45, 2.75) is 6.54 Å². The van der Waals surface area contributed by atoms with E-state index in [4.69, 9.17) is 0 Å². The van der Waals surface area contributed by atoms with Crippen molar-refractivity contribution in [3.63, 3.8) is 0 Å². The monoisotopic (exact) mass is 328 g/mol. The molecule has 0 aliphatic rings. The predicted molar refractivity (Wildman–Crippen MR) is 98.0 cm³/mol. The van der Waals surface area contributed by atoms with Crippen LogP contribution in [0, 0.1) is 0 Å².